The topological polar surface area (TPSA) is 74.5 Å². The van der Waals surface area contributed by atoms with Gasteiger partial charge in [0.1, 0.15) is 10.8 Å². The van der Waals surface area contributed by atoms with Crippen LogP contribution in [0.5, 0.6) is 0 Å². The van der Waals surface area contributed by atoms with Gasteiger partial charge in [-0.25, -0.2) is 0 Å². The van der Waals surface area contributed by atoms with E-state index in [-0.39, 0.29) is 11.7 Å². The van der Waals surface area contributed by atoms with Crippen molar-refractivity contribution in [1.29, 1.82) is 0 Å². The molecule has 2 aromatic carbocycles. The van der Waals surface area contributed by atoms with Gasteiger partial charge in [-0.15, -0.1) is 4.68 Å². The molecule has 0 aliphatic heterocycles. The van der Waals surface area contributed by atoms with E-state index in [9.17, 15) is 4.79 Å². The van der Waals surface area contributed by atoms with Gasteiger partial charge in [0.15, 0.2) is 5.21 Å². The number of amides is 1. The Balaban J connectivity index is 1.66. The largest absolute Gasteiger partial charge is 0.365 e. The van der Waals surface area contributed by atoms with E-state index in [1.54, 1.807) is 4.68 Å². The standard InChI is InChI=1S/C18H19N5OS/c1-13(2)15-10-6-7-11-16(15)19-17(24)12-25-18-20-21-22-23(18)14-8-4-3-5-9-14/h3-11,13H,12H2,1-2H3,(H,19,24)/p+1. The van der Waals surface area contributed by atoms with Gasteiger partial charge < -0.3 is 5.32 Å². The number of H-pyrrole nitrogens is 1. The Kier molecular flexibility index (Phi) is 5.45. The lowest BCUT2D eigenvalue weighted by atomic mass is 10.0. The second-order valence-electron chi connectivity index (χ2n) is 5.83. The molecule has 128 valence electrons. The van der Waals surface area contributed by atoms with Crippen LogP contribution in [0, 0.1) is 0 Å². The molecule has 6 nitrogen and oxygen atoms in total. The lowest BCUT2D eigenvalue weighted by Gasteiger charge is -2.13. The van der Waals surface area contributed by atoms with Crippen LogP contribution in [-0.4, -0.2) is 27.2 Å². The third kappa shape index (κ3) is 4.24. The van der Waals surface area contributed by atoms with E-state index in [0.29, 0.717) is 11.1 Å². The van der Waals surface area contributed by atoms with E-state index in [1.807, 2.05) is 54.6 Å². The molecule has 25 heavy (non-hydrogen) atoms. The maximum atomic E-state index is 12.3. The number of aromatic nitrogens is 4. The molecule has 3 rings (SSSR count). The van der Waals surface area contributed by atoms with Gasteiger partial charge >= 0.3 is 5.16 Å². The molecule has 1 aromatic heterocycles. The van der Waals surface area contributed by atoms with E-state index < -0.39 is 0 Å². The molecule has 1 amide bonds. The van der Waals surface area contributed by atoms with Gasteiger partial charge in [0.25, 0.3) is 0 Å². The first-order valence-corrected chi connectivity index (χ1v) is 9.04. The first-order valence-electron chi connectivity index (χ1n) is 8.05. The number of nitrogens with zero attached hydrogens (tertiary/aromatic N) is 3. The van der Waals surface area contributed by atoms with Crippen LogP contribution in [0.25, 0.3) is 5.69 Å². The fourth-order valence-electron chi connectivity index (χ4n) is 2.47. The quantitative estimate of drug-likeness (QED) is 0.527. The maximum Gasteiger partial charge on any atom is 0.365 e. The van der Waals surface area contributed by atoms with E-state index >= 15 is 0 Å². The Morgan fingerprint density at radius 1 is 1.16 bits per heavy atom. The third-order valence-electron chi connectivity index (χ3n) is 3.68. The summed E-state index contributed by atoms with van der Waals surface area (Å²) in [7, 11) is 0. The summed E-state index contributed by atoms with van der Waals surface area (Å²) in [6, 6.07) is 17.6. The molecule has 0 aliphatic carbocycles. The molecule has 1 heterocycles. The minimum atomic E-state index is -0.0688. The molecule has 2 N–H and O–H groups in total. The number of hydrogen-bond acceptors (Lipinski definition) is 4. The SMILES string of the molecule is CC(C)c1ccccc1NC(=O)CSc1nn[nH][n+]1-c1ccccc1. The van der Waals surface area contributed by atoms with Crippen LogP contribution >= 0.6 is 11.8 Å². The van der Waals surface area contributed by atoms with Crippen molar-refractivity contribution in [2.75, 3.05) is 11.1 Å². The Hall–Kier alpha value is -2.67. The zero-order valence-corrected chi connectivity index (χ0v) is 15.0. The average Bonchev–Trinajstić information content (AvgIpc) is 3.09. The highest BCUT2D eigenvalue weighted by Crippen LogP contribution is 2.24. The van der Waals surface area contributed by atoms with E-state index in [4.69, 9.17) is 0 Å². The first kappa shape index (κ1) is 17.2. The highest BCUT2D eigenvalue weighted by atomic mass is 32.2. The number of benzene rings is 2. The summed E-state index contributed by atoms with van der Waals surface area (Å²) in [5.41, 5.74) is 2.90. The Morgan fingerprint density at radius 2 is 1.88 bits per heavy atom. The smallest absolute Gasteiger partial charge is 0.325 e. The number of carbonyl (C=O) groups excluding carboxylic acids is 1. The number of rotatable bonds is 6. The number of anilines is 1. The van der Waals surface area contributed by atoms with Crippen LogP contribution in [-0.2, 0) is 4.79 Å². The summed E-state index contributed by atoms with van der Waals surface area (Å²) < 4.78 is 1.75. The van der Waals surface area contributed by atoms with E-state index in [0.717, 1.165) is 16.9 Å². The molecule has 0 spiro atoms. The van der Waals surface area contributed by atoms with Gasteiger partial charge in [-0.1, -0.05) is 55.5 Å². The summed E-state index contributed by atoms with van der Waals surface area (Å²) >= 11 is 1.34. The van der Waals surface area contributed by atoms with Crippen molar-refractivity contribution in [3.63, 3.8) is 0 Å². The molecular formula is C18H20N5OS+. The van der Waals surface area contributed by atoms with E-state index in [2.05, 4.69) is 34.7 Å². The van der Waals surface area contributed by atoms with Crippen molar-refractivity contribution in [1.82, 2.24) is 15.5 Å². The van der Waals surface area contributed by atoms with Gasteiger partial charge in [-0.05, 0) is 41.4 Å². The number of hydrogen-bond donors (Lipinski definition) is 2. The number of aromatic amines is 1. The predicted molar refractivity (Wildman–Crippen MR) is 97.8 cm³/mol. The summed E-state index contributed by atoms with van der Waals surface area (Å²) in [6.07, 6.45) is 0. The minimum Gasteiger partial charge on any atom is -0.325 e. The fraction of sp³-hybridized carbons (Fsp3) is 0.222. The molecule has 0 saturated heterocycles. The van der Waals surface area contributed by atoms with Crippen LogP contribution in [0.1, 0.15) is 25.3 Å². The van der Waals surface area contributed by atoms with Gasteiger partial charge in [0.2, 0.25) is 5.91 Å². The van der Waals surface area contributed by atoms with Gasteiger partial charge in [0.05, 0.1) is 5.75 Å². The molecule has 0 radical (unpaired) electrons. The van der Waals surface area contributed by atoms with Crippen molar-refractivity contribution in [2.24, 2.45) is 0 Å². The lowest BCUT2D eigenvalue weighted by molar-refractivity contribution is -0.697. The van der Waals surface area contributed by atoms with Gasteiger partial charge in [-0.3, -0.25) is 4.79 Å². The number of carbonyl (C=O) groups is 1. The first-order chi connectivity index (χ1) is 12.1. The van der Waals surface area contributed by atoms with Crippen molar-refractivity contribution in [3.8, 4) is 5.69 Å². The number of nitrogens with one attached hydrogen (secondary N) is 2. The van der Waals surface area contributed by atoms with Crippen LogP contribution < -0.4 is 10.00 Å². The van der Waals surface area contributed by atoms with E-state index in [1.165, 1.54) is 11.8 Å². The summed E-state index contributed by atoms with van der Waals surface area (Å²) in [5.74, 6) is 0.534. The number of thioether (sulfide) groups is 1. The Morgan fingerprint density at radius 3 is 2.64 bits per heavy atom. The normalized spacial score (nSPS) is 10.8. The molecule has 0 saturated carbocycles. The molecule has 0 bridgehead atoms. The zero-order valence-electron chi connectivity index (χ0n) is 14.1. The van der Waals surface area contributed by atoms with Crippen LogP contribution in [0.4, 0.5) is 5.69 Å². The second kappa shape index (κ2) is 7.94. The number of para-hydroxylation sites is 2. The third-order valence-corrected chi connectivity index (χ3v) is 4.60. The molecule has 0 unspecified atom stereocenters. The second-order valence-corrected chi connectivity index (χ2v) is 6.77. The molecule has 7 heteroatoms. The van der Waals surface area contributed by atoms with Crippen molar-refractivity contribution in [2.45, 2.75) is 24.9 Å². The van der Waals surface area contributed by atoms with Crippen LogP contribution in [0.2, 0.25) is 0 Å². The highest BCUT2D eigenvalue weighted by molar-refractivity contribution is 7.99. The summed E-state index contributed by atoms with van der Waals surface area (Å²) in [4.78, 5) is 12.3. The Bertz CT molecular complexity index is 847. The minimum absolute atomic E-state index is 0.0688. The van der Waals surface area contributed by atoms with Gasteiger partial charge in [-0.2, -0.15) is 0 Å². The lowest BCUT2D eigenvalue weighted by Crippen LogP contribution is -2.35. The monoisotopic (exact) mass is 354 g/mol. The zero-order chi connectivity index (χ0) is 17.6. The van der Waals surface area contributed by atoms with Crippen LogP contribution in [0.15, 0.2) is 59.8 Å². The number of tetrazole rings is 1. The molecule has 3 aromatic rings. The van der Waals surface area contributed by atoms with Crippen molar-refractivity contribution in [3.05, 3.63) is 60.2 Å². The maximum absolute atomic E-state index is 12.3. The van der Waals surface area contributed by atoms with Crippen molar-refractivity contribution >= 4 is 23.4 Å². The average molecular weight is 354 g/mol. The predicted octanol–water partition coefficient (Wildman–Crippen LogP) is 2.94. The molecule has 0 atom stereocenters. The van der Waals surface area contributed by atoms with Gasteiger partial charge in [0, 0.05) is 5.69 Å². The molecular weight excluding hydrogens is 334 g/mol. The highest BCUT2D eigenvalue weighted by Gasteiger charge is 2.19. The fourth-order valence-corrected chi connectivity index (χ4v) is 3.17. The molecule has 0 fully saturated rings. The summed E-state index contributed by atoms with van der Waals surface area (Å²) in [6.45, 7) is 4.22. The van der Waals surface area contributed by atoms with Crippen LogP contribution in [0.3, 0.4) is 0 Å². The Labute approximate surface area is 150 Å². The molecule has 0 aliphatic rings. The van der Waals surface area contributed by atoms with Crippen molar-refractivity contribution < 1.29 is 9.48 Å². The summed E-state index contributed by atoms with van der Waals surface area (Å²) in [5, 5.41) is 14.3.